The van der Waals surface area contributed by atoms with Crippen LogP contribution in [0.2, 0.25) is 0 Å². The SMILES string of the molecule is CN(Cc1cccc(C(N)=O)c1)C(C)(C)C. The highest BCUT2D eigenvalue weighted by atomic mass is 16.1. The molecule has 0 aliphatic heterocycles. The molecule has 1 amide bonds. The van der Waals surface area contributed by atoms with Gasteiger partial charge in [-0.25, -0.2) is 0 Å². The van der Waals surface area contributed by atoms with Crippen molar-refractivity contribution < 1.29 is 4.79 Å². The van der Waals surface area contributed by atoms with E-state index in [4.69, 9.17) is 5.73 Å². The Morgan fingerprint density at radius 3 is 2.50 bits per heavy atom. The molecule has 0 spiro atoms. The molecule has 0 saturated carbocycles. The molecular formula is C13H20N2O. The maximum atomic E-state index is 11.0. The highest BCUT2D eigenvalue weighted by molar-refractivity contribution is 5.92. The van der Waals surface area contributed by atoms with E-state index in [9.17, 15) is 4.79 Å². The third-order valence-corrected chi connectivity index (χ3v) is 2.78. The zero-order valence-corrected chi connectivity index (χ0v) is 10.4. The fraction of sp³-hybridized carbons (Fsp3) is 0.462. The molecule has 0 unspecified atom stereocenters. The summed E-state index contributed by atoms with van der Waals surface area (Å²) < 4.78 is 0. The quantitative estimate of drug-likeness (QED) is 0.847. The maximum absolute atomic E-state index is 11.0. The van der Waals surface area contributed by atoms with Crippen LogP contribution in [0.4, 0.5) is 0 Å². The molecule has 3 heteroatoms. The molecule has 88 valence electrons. The van der Waals surface area contributed by atoms with Gasteiger partial charge in [-0.3, -0.25) is 9.69 Å². The molecule has 1 aromatic carbocycles. The fourth-order valence-corrected chi connectivity index (χ4v) is 1.33. The summed E-state index contributed by atoms with van der Waals surface area (Å²) in [5, 5.41) is 0. The summed E-state index contributed by atoms with van der Waals surface area (Å²) in [6.45, 7) is 7.28. The van der Waals surface area contributed by atoms with Gasteiger partial charge >= 0.3 is 0 Å². The standard InChI is InChI=1S/C13H20N2O/c1-13(2,3)15(4)9-10-6-5-7-11(8-10)12(14)16/h5-8H,9H2,1-4H3,(H2,14,16). The number of benzene rings is 1. The van der Waals surface area contributed by atoms with Crippen LogP contribution in [-0.4, -0.2) is 23.4 Å². The van der Waals surface area contributed by atoms with E-state index in [0.29, 0.717) is 5.56 Å². The van der Waals surface area contributed by atoms with Gasteiger partial charge in [-0.2, -0.15) is 0 Å². The minimum absolute atomic E-state index is 0.114. The molecule has 16 heavy (non-hydrogen) atoms. The van der Waals surface area contributed by atoms with Crippen LogP contribution in [0.25, 0.3) is 0 Å². The molecule has 0 heterocycles. The molecule has 0 aliphatic rings. The van der Waals surface area contributed by atoms with Crippen molar-refractivity contribution in [1.29, 1.82) is 0 Å². The van der Waals surface area contributed by atoms with Crippen LogP contribution in [0.3, 0.4) is 0 Å². The van der Waals surface area contributed by atoms with Gasteiger partial charge in [0.25, 0.3) is 0 Å². The summed E-state index contributed by atoms with van der Waals surface area (Å²) in [4.78, 5) is 13.3. The monoisotopic (exact) mass is 220 g/mol. The fourth-order valence-electron chi connectivity index (χ4n) is 1.33. The van der Waals surface area contributed by atoms with Crippen LogP contribution in [0.15, 0.2) is 24.3 Å². The summed E-state index contributed by atoms with van der Waals surface area (Å²) in [5.41, 5.74) is 7.04. The van der Waals surface area contributed by atoms with Crippen molar-refractivity contribution in [2.45, 2.75) is 32.9 Å². The molecule has 0 saturated heterocycles. The number of nitrogens with zero attached hydrogens (tertiary/aromatic N) is 1. The molecule has 0 fully saturated rings. The number of hydrogen-bond donors (Lipinski definition) is 1. The first kappa shape index (κ1) is 12.7. The topological polar surface area (TPSA) is 46.3 Å². The number of amides is 1. The molecule has 1 rings (SSSR count). The molecule has 0 atom stereocenters. The number of rotatable bonds is 3. The Bertz CT molecular complexity index is 380. The Hall–Kier alpha value is -1.35. The Kier molecular flexibility index (Phi) is 3.70. The first-order valence-corrected chi connectivity index (χ1v) is 5.40. The second-order valence-electron chi connectivity index (χ2n) is 5.09. The second kappa shape index (κ2) is 4.66. The van der Waals surface area contributed by atoms with Gasteiger partial charge in [0, 0.05) is 17.6 Å². The van der Waals surface area contributed by atoms with E-state index >= 15 is 0 Å². The zero-order valence-electron chi connectivity index (χ0n) is 10.4. The van der Waals surface area contributed by atoms with Gasteiger partial charge in [0.1, 0.15) is 0 Å². The van der Waals surface area contributed by atoms with E-state index < -0.39 is 0 Å². The molecule has 0 aliphatic carbocycles. The van der Waals surface area contributed by atoms with Gasteiger partial charge in [0.05, 0.1) is 0 Å². The third-order valence-electron chi connectivity index (χ3n) is 2.78. The maximum Gasteiger partial charge on any atom is 0.248 e. The Labute approximate surface area is 97.2 Å². The largest absolute Gasteiger partial charge is 0.366 e. The minimum atomic E-state index is -0.375. The van der Waals surface area contributed by atoms with Crippen LogP contribution in [-0.2, 0) is 6.54 Å². The van der Waals surface area contributed by atoms with Gasteiger partial charge in [-0.05, 0) is 45.5 Å². The number of carbonyl (C=O) groups is 1. The van der Waals surface area contributed by atoms with Crippen LogP contribution >= 0.6 is 0 Å². The van der Waals surface area contributed by atoms with Crippen LogP contribution in [0.5, 0.6) is 0 Å². The summed E-state index contributed by atoms with van der Waals surface area (Å²) >= 11 is 0. The summed E-state index contributed by atoms with van der Waals surface area (Å²) in [5.74, 6) is -0.375. The minimum Gasteiger partial charge on any atom is -0.366 e. The van der Waals surface area contributed by atoms with Crippen LogP contribution in [0.1, 0.15) is 36.7 Å². The van der Waals surface area contributed by atoms with Gasteiger partial charge in [-0.1, -0.05) is 12.1 Å². The molecule has 3 nitrogen and oxygen atoms in total. The predicted octanol–water partition coefficient (Wildman–Crippen LogP) is 2.02. The lowest BCUT2D eigenvalue weighted by Gasteiger charge is -2.31. The summed E-state index contributed by atoms with van der Waals surface area (Å²) in [7, 11) is 2.07. The second-order valence-corrected chi connectivity index (χ2v) is 5.09. The number of primary amides is 1. The Morgan fingerprint density at radius 1 is 1.38 bits per heavy atom. The van der Waals surface area contributed by atoms with Gasteiger partial charge in [0.2, 0.25) is 5.91 Å². The van der Waals surface area contributed by atoms with Gasteiger partial charge < -0.3 is 5.73 Å². The van der Waals surface area contributed by atoms with Crippen molar-refractivity contribution in [3.63, 3.8) is 0 Å². The first-order valence-electron chi connectivity index (χ1n) is 5.40. The molecule has 0 radical (unpaired) electrons. The van der Waals surface area contributed by atoms with Crippen molar-refractivity contribution in [2.24, 2.45) is 5.73 Å². The smallest absolute Gasteiger partial charge is 0.248 e. The zero-order chi connectivity index (χ0) is 12.3. The van der Waals surface area contributed by atoms with E-state index in [-0.39, 0.29) is 11.4 Å². The van der Waals surface area contributed by atoms with Crippen molar-refractivity contribution in [1.82, 2.24) is 4.90 Å². The average Bonchev–Trinajstić information content (AvgIpc) is 2.16. The Morgan fingerprint density at radius 2 is 2.00 bits per heavy atom. The van der Waals surface area contributed by atoms with Gasteiger partial charge in [0.15, 0.2) is 0 Å². The molecule has 0 aromatic heterocycles. The van der Waals surface area contributed by atoms with Gasteiger partial charge in [-0.15, -0.1) is 0 Å². The van der Waals surface area contributed by atoms with Crippen molar-refractivity contribution in [3.05, 3.63) is 35.4 Å². The first-order chi connectivity index (χ1) is 7.30. The summed E-state index contributed by atoms with van der Waals surface area (Å²) in [6.07, 6.45) is 0. The lowest BCUT2D eigenvalue weighted by molar-refractivity contribution is 0.1000. The Balaban J connectivity index is 2.82. The van der Waals surface area contributed by atoms with Crippen molar-refractivity contribution >= 4 is 5.91 Å². The lowest BCUT2D eigenvalue weighted by atomic mass is 10.0. The normalized spacial score (nSPS) is 11.8. The van der Waals surface area contributed by atoms with E-state index in [1.54, 1.807) is 6.07 Å². The van der Waals surface area contributed by atoms with E-state index in [1.807, 2.05) is 18.2 Å². The molecule has 1 aromatic rings. The number of hydrogen-bond acceptors (Lipinski definition) is 2. The van der Waals surface area contributed by atoms with E-state index in [2.05, 4.69) is 32.7 Å². The number of carbonyl (C=O) groups excluding carboxylic acids is 1. The summed E-state index contributed by atoms with van der Waals surface area (Å²) in [6, 6.07) is 7.47. The third kappa shape index (κ3) is 3.35. The average molecular weight is 220 g/mol. The van der Waals surface area contributed by atoms with E-state index in [1.165, 1.54) is 0 Å². The van der Waals surface area contributed by atoms with Crippen LogP contribution in [0, 0.1) is 0 Å². The predicted molar refractivity (Wildman–Crippen MR) is 66.2 cm³/mol. The molecule has 0 bridgehead atoms. The molecule has 2 N–H and O–H groups in total. The van der Waals surface area contributed by atoms with Crippen LogP contribution < -0.4 is 5.73 Å². The highest BCUT2D eigenvalue weighted by Gasteiger charge is 2.16. The van der Waals surface area contributed by atoms with Crippen molar-refractivity contribution in [2.75, 3.05) is 7.05 Å². The van der Waals surface area contributed by atoms with E-state index in [0.717, 1.165) is 12.1 Å². The highest BCUT2D eigenvalue weighted by Crippen LogP contribution is 2.15. The number of nitrogens with two attached hydrogens (primary N) is 1. The van der Waals surface area contributed by atoms with Crippen molar-refractivity contribution in [3.8, 4) is 0 Å². The lowest BCUT2D eigenvalue weighted by Crippen LogP contribution is -2.37. The molecular weight excluding hydrogens is 200 g/mol.